The maximum absolute atomic E-state index is 6.28. The number of hydrogen-bond acceptors (Lipinski definition) is 5. The van der Waals surface area contributed by atoms with Crippen molar-refractivity contribution in [2.45, 2.75) is 20.0 Å². The molecular weight excluding hydrogens is 299 g/mol. The van der Waals surface area contributed by atoms with E-state index in [0.29, 0.717) is 22.4 Å². The minimum atomic E-state index is 0.528. The fraction of sp³-hybridized carbons (Fsp3) is 0.417. The normalized spacial score (nSPS) is 14.2. The van der Waals surface area contributed by atoms with Crippen molar-refractivity contribution in [1.82, 2.24) is 19.7 Å². The zero-order valence-electron chi connectivity index (χ0n) is 11.0. The van der Waals surface area contributed by atoms with E-state index in [1.807, 2.05) is 11.5 Å². The van der Waals surface area contributed by atoms with Crippen molar-refractivity contribution in [1.29, 1.82) is 0 Å². The van der Waals surface area contributed by atoms with Crippen molar-refractivity contribution in [2.24, 2.45) is 0 Å². The minimum absolute atomic E-state index is 0.528. The number of rotatable bonds is 3. The largest absolute Gasteiger partial charge is 0.369 e. The Morgan fingerprint density at radius 1 is 1.30 bits per heavy atom. The van der Waals surface area contributed by atoms with Crippen LogP contribution in [0.4, 0.5) is 11.6 Å². The first-order chi connectivity index (χ1) is 9.69. The Labute approximate surface area is 126 Å². The van der Waals surface area contributed by atoms with E-state index in [2.05, 4.69) is 25.4 Å². The lowest BCUT2D eigenvalue weighted by Crippen LogP contribution is -2.34. The van der Waals surface area contributed by atoms with Crippen LogP contribution in [0.5, 0.6) is 0 Å². The molecule has 0 saturated heterocycles. The SMILES string of the molecule is CCNc1nc(N2CCn3cnnc3C2)c(Cl)cc1Cl. The van der Waals surface area contributed by atoms with Crippen molar-refractivity contribution in [2.75, 3.05) is 23.3 Å². The molecule has 2 aromatic rings. The summed E-state index contributed by atoms with van der Waals surface area (Å²) in [6.07, 6.45) is 1.74. The monoisotopic (exact) mass is 312 g/mol. The summed E-state index contributed by atoms with van der Waals surface area (Å²) in [5.41, 5.74) is 0. The second-order valence-corrected chi connectivity index (χ2v) is 5.33. The molecular formula is C12H14Cl2N6. The number of nitrogens with zero attached hydrogens (tertiary/aromatic N) is 5. The van der Waals surface area contributed by atoms with Crippen LogP contribution in [0, 0.1) is 0 Å². The topological polar surface area (TPSA) is 58.9 Å². The first-order valence-electron chi connectivity index (χ1n) is 6.40. The maximum Gasteiger partial charge on any atom is 0.152 e. The first-order valence-corrected chi connectivity index (χ1v) is 7.16. The van der Waals surface area contributed by atoms with Gasteiger partial charge in [0.1, 0.15) is 18.0 Å². The predicted octanol–water partition coefficient (Wildman–Crippen LogP) is 2.43. The van der Waals surface area contributed by atoms with Crippen LogP contribution >= 0.6 is 23.2 Å². The molecule has 3 rings (SSSR count). The van der Waals surface area contributed by atoms with Gasteiger partial charge in [-0.2, -0.15) is 0 Å². The third kappa shape index (κ3) is 2.41. The van der Waals surface area contributed by atoms with Crippen molar-refractivity contribution >= 4 is 34.8 Å². The molecule has 0 saturated carbocycles. The molecule has 3 heterocycles. The Bertz CT molecular complexity index is 626. The lowest BCUT2D eigenvalue weighted by molar-refractivity contribution is 0.556. The standard InChI is InChI=1S/C12H14Cl2N6/c1-2-15-11-8(13)5-9(14)12(17-11)19-3-4-20-7-16-18-10(20)6-19/h5,7H,2-4,6H2,1H3,(H,15,17). The number of anilines is 2. The summed E-state index contributed by atoms with van der Waals surface area (Å²) in [6, 6.07) is 1.72. The molecule has 0 bridgehead atoms. The van der Waals surface area contributed by atoms with Gasteiger partial charge in [-0.15, -0.1) is 10.2 Å². The third-order valence-electron chi connectivity index (χ3n) is 3.19. The smallest absolute Gasteiger partial charge is 0.152 e. The molecule has 0 fully saturated rings. The number of aromatic nitrogens is 4. The molecule has 0 aromatic carbocycles. The van der Waals surface area contributed by atoms with Crippen molar-refractivity contribution in [3.8, 4) is 0 Å². The zero-order chi connectivity index (χ0) is 14.1. The Morgan fingerprint density at radius 2 is 2.15 bits per heavy atom. The Kier molecular flexibility index (Phi) is 3.67. The molecule has 0 aliphatic carbocycles. The van der Waals surface area contributed by atoms with E-state index < -0.39 is 0 Å². The second kappa shape index (κ2) is 5.46. The van der Waals surface area contributed by atoms with Gasteiger partial charge in [-0.3, -0.25) is 0 Å². The van der Waals surface area contributed by atoms with Gasteiger partial charge < -0.3 is 14.8 Å². The van der Waals surface area contributed by atoms with Crippen LogP contribution in [0.2, 0.25) is 10.0 Å². The van der Waals surface area contributed by atoms with Crippen LogP contribution in [-0.4, -0.2) is 32.8 Å². The number of hydrogen-bond donors (Lipinski definition) is 1. The van der Waals surface area contributed by atoms with Crippen LogP contribution in [0.1, 0.15) is 12.7 Å². The summed E-state index contributed by atoms with van der Waals surface area (Å²) >= 11 is 12.4. The summed E-state index contributed by atoms with van der Waals surface area (Å²) in [6.45, 7) is 5.02. The Hall–Kier alpha value is -1.53. The average Bonchev–Trinajstić information content (AvgIpc) is 2.89. The highest BCUT2D eigenvalue weighted by molar-refractivity contribution is 6.37. The van der Waals surface area contributed by atoms with Crippen LogP contribution < -0.4 is 10.2 Å². The predicted molar refractivity (Wildman–Crippen MR) is 79.5 cm³/mol. The molecule has 20 heavy (non-hydrogen) atoms. The van der Waals surface area contributed by atoms with E-state index in [9.17, 15) is 0 Å². The van der Waals surface area contributed by atoms with Crippen molar-refractivity contribution < 1.29 is 0 Å². The van der Waals surface area contributed by atoms with Gasteiger partial charge in [0.15, 0.2) is 5.82 Å². The van der Waals surface area contributed by atoms with Gasteiger partial charge in [-0.1, -0.05) is 23.2 Å². The molecule has 0 amide bonds. The summed E-state index contributed by atoms with van der Waals surface area (Å²) in [4.78, 5) is 6.62. The van der Waals surface area contributed by atoms with Gasteiger partial charge in [0, 0.05) is 19.6 Å². The second-order valence-electron chi connectivity index (χ2n) is 4.52. The molecule has 1 aliphatic rings. The third-order valence-corrected chi connectivity index (χ3v) is 3.76. The van der Waals surface area contributed by atoms with Crippen LogP contribution in [0.3, 0.4) is 0 Å². The summed E-state index contributed by atoms with van der Waals surface area (Å²) in [5.74, 6) is 2.29. The highest BCUT2D eigenvalue weighted by Gasteiger charge is 2.21. The molecule has 6 nitrogen and oxygen atoms in total. The molecule has 0 radical (unpaired) electrons. The van der Waals surface area contributed by atoms with E-state index in [1.165, 1.54) is 0 Å². The Balaban J connectivity index is 1.92. The number of fused-ring (bicyclic) bond motifs is 1. The molecule has 0 spiro atoms. The van der Waals surface area contributed by atoms with Crippen molar-refractivity contribution in [3.63, 3.8) is 0 Å². The van der Waals surface area contributed by atoms with E-state index in [4.69, 9.17) is 23.2 Å². The summed E-state index contributed by atoms with van der Waals surface area (Å²) in [5, 5.41) is 12.2. The average molecular weight is 313 g/mol. The molecule has 1 aliphatic heterocycles. The first kappa shape index (κ1) is 13.5. The lowest BCUT2D eigenvalue weighted by atomic mass is 10.3. The zero-order valence-corrected chi connectivity index (χ0v) is 12.5. The molecule has 0 atom stereocenters. The summed E-state index contributed by atoms with van der Waals surface area (Å²) < 4.78 is 2.03. The van der Waals surface area contributed by atoms with E-state index in [0.717, 1.165) is 31.3 Å². The quantitative estimate of drug-likeness (QED) is 0.943. The van der Waals surface area contributed by atoms with E-state index in [-0.39, 0.29) is 0 Å². The number of pyridine rings is 1. The molecule has 0 unspecified atom stereocenters. The highest BCUT2D eigenvalue weighted by atomic mass is 35.5. The van der Waals surface area contributed by atoms with Crippen LogP contribution in [-0.2, 0) is 13.1 Å². The Morgan fingerprint density at radius 3 is 2.95 bits per heavy atom. The number of nitrogens with one attached hydrogen (secondary N) is 1. The maximum atomic E-state index is 6.28. The lowest BCUT2D eigenvalue weighted by Gasteiger charge is -2.29. The minimum Gasteiger partial charge on any atom is -0.369 e. The van der Waals surface area contributed by atoms with Crippen molar-refractivity contribution in [3.05, 3.63) is 28.3 Å². The van der Waals surface area contributed by atoms with Gasteiger partial charge in [0.05, 0.1) is 16.6 Å². The van der Waals surface area contributed by atoms with Gasteiger partial charge in [0.25, 0.3) is 0 Å². The molecule has 2 aromatic heterocycles. The van der Waals surface area contributed by atoms with Crippen LogP contribution in [0.25, 0.3) is 0 Å². The van der Waals surface area contributed by atoms with E-state index in [1.54, 1.807) is 12.4 Å². The molecule has 106 valence electrons. The van der Waals surface area contributed by atoms with Gasteiger partial charge in [-0.05, 0) is 13.0 Å². The van der Waals surface area contributed by atoms with Gasteiger partial charge >= 0.3 is 0 Å². The fourth-order valence-corrected chi connectivity index (χ4v) is 2.76. The van der Waals surface area contributed by atoms with Gasteiger partial charge in [-0.25, -0.2) is 4.98 Å². The highest BCUT2D eigenvalue weighted by Crippen LogP contribution is 2.32. The summed E-state index contributed by atoms with van der Waals surface area (Å²) in [7, 11) is 0. The van der Waals surface area contributed by atoms with E-state index >= 15 is 0 Å². The molecule has 1 N–H and O–H groups in total. The molecule has 8 heteroatoms. The van der Waals surface area contributed by atoms with Gasteiger partial charge in [0.2, 0.25) is 0 Å². The number of halogens is 2. The van der Waals surface area contributed by atoms with Crippen LogP contribution in [0.15, 0.2) is 12.4 Å². The fourth-order valence-electron chi connectivity index (χ4n) is 2.22.